The average molecular weight is 633 g/mol. The topological polar surface area (TPSA) is 271 Å². The van der Waals surface area contributed by atoms with Gasteiger partial charge in [0.15, 0.2) is 29.6 Å². The van der Waals surface area contributed by atoms with Crippen LogP contribution in [0, 0.1) is 0 Å². The van der Waals surface area contributed by atoms with Gasteiger partial charge in [0.05, 0.1) is 24.8 Å². The number of hydrogen-bond acceptors (Lipinski definition) is 15. The second-order valence-electron chi connectivity index (χ2n) is 9.86. The van der Waals surface area contributed by atoms with E-state index in [0.717, 1.165) is 24.3 Å². The van der Waals surface area contributed by atoms with Gasteiger partial charge in [0.25, 0.3) is 0 Å². The first-order chi connectivity index (χ1) is 19.9. The number of phenolic OH excluding ortho intramolecular Hbond substituents is 5. The number of aliphatic hydroxyl groups is 6. The zero-order valence-corrected chi connectivity index (χ0v) is 22.6. The van der Waals surface area contributed by atoms with E-state index in [0.29, 0.717) is 0 Å². The maximum absolute atomic E-state index is 10.9. The number of aromatic hydroxyl groups is 5. The lowest BCUT2D eigenvalue weighted by molar-refractivity contribution is -0.344. The molecule has 0 saturated carbocycles. The van der Waals surface area contributed by atoms with Crippen molar-refractivity contribution in [2.75, 3.05) is 13.2 Å². The molecule has 11 N–H and O–H groups in total. The maximum Gasteiger partial charge on any atom is 0.402 e. The number of benzene rings is 2. The molecule has 9 atom stereocenters. The van der Waals surface area contributed by atoms with Crippen LogP contribution in [0.25, 0.3) is 22.3 Å². The van der Waals surface area contributed by atoms with E-state index in [4.69, 9.17) is 23.4 Å². The standard InChI is InChI=1S/C26H28O16.ClH/c27-6-17-20(35)21(36)24(42-25-22(37)19(34)14(32)7-38-25)26(41-17)40-16-5-10-11(29)3-9(28)4-15(10)39-23(16)8-1-12(30)18(33)13(31)2-8;/h1-5,14,17,19-22,24-27,32,34-37H,6-7H2,(H4-,28,29,30,31,33);1H/t14-,17-,19+,20-,21+,22-,24-,25+,26-;/m0./s1. The Balaban J connectivity index is 0.00000423. The first kappa shape index (κ1) is 32.5. The smallest absolute Gasteiger partial charge is 0.402 e. The van der Waals surface area contributed by atoms with Gasteiger partial charge in [-0.15, -0.1) is 0 Å². The van der Waals surface area contributed by atoms with Gasteiger partial charge in [0.2, 0.25) is 12.0 Å². The van der Waals surface area contributed by atoms with Crippen molar-refractivity contribution < 1.29 is 91.9 Å². The molecule has 0 unspecified atom stereocenters. The third kappa shape index (κ3) is 6.16. The van der Waals surface area contributed by atoms with E-state index in [-0.39, 0.29) is 46.2 Å². The van der Waals surface area contributed by atoms with Crippen molar-refractivity contribution in [2.24, 2.45) is 0 Å². The monoisotopic (exact) mass is 632 g/mol. The molecule has 2 aromatic carbocycles. The number of aliphatic hydroxyl groups excluding tert-OH is 6. The third-order valence-electron chi connectivity index (χ3n) is 6.96. The van der Waals surface area contributed by atoms with E-state index >= 15 is 0 Å². The highest BCUT2D eigenvalue weighted by Crippen LogP contribution is 2.45. The highest BCUT2D eigenvalue weighted by atomic mass is 35.5. The first-order valence-electron chi connectivity index (χ1n) is 12.6. The lowest BCUT2D eigenvalue weighted by Gasteiger charge is -2.44. The van der Waals surface area contributed by atoms with Crippen molar-refractivity contribution in [3.05, 3.63) is 30.3 Å². The van der Waals surface area contributed by atoms with Crippen LogP contribution in [0.5, 0.6) is 34.5 Å². The predicted molar refractivity (Wildman–Crippen MR) is 135 cm³/mol. The fourth-order valence-corrected chi connectivity index (χ4v) is 4.68. The zero-order chi connectivity index (χ0) is 30.5. The number of fused-ring (bicyclic) bond motifs is 1. The number of rotatable bonds is 6. The molecule has 0 aliphatic carbocycles. The number of halogens is 1. The molecule has 3 aromatic rings. The van der Waals surface area contributed by atoms with Gasteiger partial charge in [0.1, 0.15) is 53.5 Å². The van der Waals surface area contributed by atoms with E-state index in [1.165, 1.54) is 6.07 Å². The summed E-state index contributed by atoms with van der Waals surface area (Å²) in [5.74, 6) is -3.71. The van der Waals surface area contributed by atoms with Gasteiger partial charge in [-0.1, -0.05) is 0 Å². The Labute approximate surface area is 247 Å². The molecule has 2 fully saturated rings. The Kier molecular flexibility index (Phi) is 9.57. The SMILES string of the molecule is OC[C@@H]1O[C@H](Oc2cc3c(O)cc(O)cc3[o+]c2-c2cc(O)c(O)c(O)c2)[C@@H](O[C@H]2OC[C@H](O)[C@@H](O)[C@@H]2O)[C@H](O)[C@H]1O.[Cl-]. The van der Waals surface area contributed by atoms with Gasteiger partial charge in [0, 0.05) is 24.3 Å². The Morgan fingerprint density at radius 2 is 1.47 bits per heavy atom. The van der Waals surface area contributed by atoms with Gasteiger partial charge >= 0.3 is 11.3 Å². The van der Waals surface area contributed by atoms with Crippen LogP contribution < -0.4 is 17.1 Å². The Morgan fingerprint density at radius 1 is 0.791 bits per heavy atom. The van der Waals surface area contributed by atoms with Gasteiger partial charge in [-0.2, -0.15) is 0 Å². The lowest BCUT2D eigenvalue weighted by Crippen LogP contribution is -3.00. The molecule has 1 aromatic heterocycles. The molecule has 0 spiro atoms. The zero-order valence-electron chi connectivity index (χ0n) is 21.8. The summed E-state index contributed by atoms with van der Waals surface area (Å²) in [5, 5.41) is 112. The molecular weight excluding hydrogens is 604 g/mol. The molecule has 2 aliphatic heterocycles. The minimum absolute atomic E-state index is 0. The van der Waals surface area contributed by atoms with Crippen molar-refractivity contribution in [2.45, 2.75) is 55.3 Å². The summed E-state index contributed by atoms with van der Waals surface area (Å²) in [7, 11) is 0. The summed E-state index contributed by atoms with van der Waals surface area (Å²) in [6, 6.07) is 5.36. The summed E-state index contributed by atoms with van der Waals surface area (Å²) in [4.78, 5) is 0. The van der Waals surface area contributed by atoms with E-state index in [1.807, 2.05) is 0 Å². The summed E-state index contributed by atoms with van der Waals surface area (Å²) in [6.45, 7) is -1.24. The molecule has 3 heterocycles. The van der Waals surface area contributed by atoms with Crippen LogP contribution in [-0.2, 0) is 14.2 Å². The van der Waals surface area contributed by atoms with Crippen LogP contribution in [0.2, 0.25) is 0 Å². The predicted octanol–water partition coefficient (Wildman–Crippen LogP) is -4.45. The van der Waals surface area contributed by atoms with Crippen molar-refractivity contribution in [1.29, 1.82) is 0 Å². The molecule has 2 saturated heterocycles. The van der Waals surface area contributed by atoms with Gasteiger partial charge in [-0.3, -0.25) is 0 Å². The fourth-order valence-electron chi connectivity index (χ4n) is 4.68. The summed E-state index contributed by atoms with van der Waals surface area (Å²) in [5.41, 5.74) is -0.174. The fraction of sp³-hybridized carbons (Fsp3) is 0.423. The highest BCUT2D eigenvalue weighted by molar-refractivity contribution is 5.88. The average Bonchev–Trinajstić information content (AvgIpc) is 2.95. The molecule has 0 bridgehead atoms. The van der Waals surface area contributed by atoms with Crippen LogP contribution in [0.4, 0.5) is 0 Å². The van der Waals surface area contributed by atoms with Gasteiger partial charge < -0.3 is 87.5 Å². The Morgan fingerprint density at radius 3 is 2.12 bits per heavy atom. The third-order valence-corrected chi connectivity index (χ3v) is 6.96. The van der Waals surface area contributed by atoms with Crippen LogP contribution >= 0.6 is 0 Å². The molecule has 5 rings (SSSR count). The van der Waals surface area contributed by atoms with Crippen LogP contribution in [0.3, 0.4) is 0 Å². The van der Waals surface area contributed by atoms with Crippen molar-refractivity contribution >= 4 is 11.0 Å². The van der Waals surface area contributed by atoms with E-state index in [2.05, 4.69) is 0 Å². The molecular formula is C26H29ClO16. The molecule has 16 nitrogen and oxygen atoms in total. The van der Waals surface area contributed by atoms with Crippen LogP contribution in [0.15, 0.2) is 34.7 Å². The van der Waals surface area contributed by atoms with Crippen LogP contribution in [-0.4, -0.2) is 125 Å². The number of phenols is 5. The summed E-state index contributed by atoms with van der Waals surface area (Å²) in [6.07, 6.45) is -15.0. The minimum atomic E-state index is -1.84. The number of hydrogen-bond donors (Lipinski definition) is 11. The van der Waals surface area contributed by atoms with Crippen molar-refractivity contribution in [3.63, 3.8) is 0 Å². The van der Waals surface area contributed by atoms with Gasteiger partial charge in [-0.25, -0.2) is 4.42 Å². The van der Waals surface area contributed by atoms with E-state index < -0.39 is 91.5 Å². The van der Waals surface area contributed by atoms with Crippen molar-refractivity contribution in [1.82, 2.24) is 0 Å². The van der Waals surface area contributed by atoms with E-state index in [9.17, 15) is 56.2 Å². The van der Waals surface area contributed by atoms with E-state index in [1.54, 1.807) is 0 Å². The first-order valence-corrected chi connectivity index (χ1v) is 12.6. The maximum atomic E-state index is 10.9. The second kappa shape index (κ2) is 12.7. The largest absolute Gasteiger partial charge is 1.00 e. The quantitative estimate of drug-likeness (QED) is 0.0903. The van der Waals surface area contributed by atoms with Crippen molar-refractivity contribution in [3.8, 4) is 45.8 Å². The molecule has 2 aliphatic rings. The molecule has 17 heteroatoms. The molecule has 0 radical (unpaired) electrons. The van der Waals surface area contributed by atoms with Gasteiger partial charge in [-0.05, 0) is 0 Å². The molecule has 43 heavy (non-hydrogen) atoms. The molecule has 0 amide bonds. The Bertz CT molecular complexity index is 1430. The second-order valence-corrected chi connectivity index (χ2v) is 9.86. The number of ether oxygens (including phenoxy) is 4. The highest BCUT2D eigenvalue weighted by Gasteiger charge is 2.50. The minimum Gasteiger partial charge on any atom is -1.00 e. The molecule has 236 valence electrons. The Hall–Kier alpha value is -3.42. The summed E-state index contributed by atoms with van der Waals surface area (Å²) < 4.78 is 28.3. The summed E-state index contributed by atoms with van der Waals surface area (Å²) >= 11 is 0. The van der Waals surface area contributed by atoms with Crippen LogP contribution in [0.1, 0.15) is 0 Å². The normalized spacial score (nSPS) is 31.0. The lowest BCUT2D eigenvalue weighted by atomic mass is 9.98.